The number of hydrogen-bond acceptors (Lipinski definition) is 6. The number of esters is 1. The van der Waals surface area contributed by atoms with Crippen molar-refractivity contribution in [2.75, 3.05) is 13.1 Å². The van der Waals surface area contributed by atoms with E-state index in [1.54, 1.807) is 13.8 Å². The zero-order valence-electron chi connectivity index (χ0n) is 14.2. The number of carbonyl (C=O) groups is 1. The van der Waals surface area contributed by atoms with Crippen LogP contribution in [0.3, 0.4) is 0 Å². The zero-order chi connectivity index (χ0) is 18.0. The van der Waals surface area contributed by atoms with Crippen LogP contribution in [0.2, 0.25) is 0 Å². The van der Waals surface area contributed by atoms with Gasteiger partial charge in [0.1, 0.15) is 12.4 Å². The fraction of sp³-hybridized carbons (Fsp3) is 0.412. The number of rotatable bonds is 5. The number of benzene rings is 1. The smallest absolute Gasteiger partial charge is 0.338 e. The highest BCUT2D eigenvalue weighted by atomic mass is 32.2. The Labute approximate surface area is 146 Å². The van der Waals surface area contributed by atoms with Crippen molar-refractivity contribution in [3.63, 3.8) is 0 Å². The Balaban J connectivity index is 1.68. The number of carbonyl (C=O) groups excluding carboxylic acids is 1. The van der Waals surface area contributed by atoms with Gasteiger partial charge >= 0.3 is 5.97 Å². The molecule has 0 unspecified atom stereocenters. The van der Waals surface area contributed by atoms with Crippen LogP contribution in [0, 0.1) is 13.8 Å². The Bertz CT molecular complexity index is 845. The van der Waals surface area contributed by atoms with Gasteiger partial charge in [-0.15, -0.1) is 0 Å². The molecule has 134 valence electrons. The molecule has 0 amide bonds. The highest BCUT2D eigenvalue weighted by molar-refractivity contribution is 7.89. The predicted molar refractivity (Wildman–Crippen MR) is 89.5 cm³/mol. The number of aromatic nitrogens is 1. The molecule has 1 aromatic heterocycles. The Morgan fingerprint density at radius 3 is 2.40 bits per heavy atom. The Morgan fingerprint density at radius 2 is 1.84 bits per heavy atom. The maximum atomic E-state index is 12.5. The molecule has 0 spiro atoms. The highest BCUT2D eigenvalue weighted by Gasteiger charge is 2.27. The second-order valence-corrected chi connectivity index (χ2v) is 7.95. The SMILES string of the molecule is Cc1noc(C)c1COC(=O)c1ccc(S(=O)(=O)N2CCCC2)cc1. The van der Waals surface area contributed by atoms with Gasteiger partial charge in [0, 0.05) is 13.1 Å². The number of nitrogens with zero attached hydrogens (tertiary/aromatic N) is 2. The van der Waals surface area contributed by atoms with Crippen LogP contribution >= 0.6 is 0 Å². The minimum atomic E-state index is -3.48. The van der Waals surface area contributed by atoms with Crippen molar-refractivity contribution < 1.29 is 22.5 Å². The van der Waals surface area contributed by atoms with Gasteiger partial charge < -0.3 is 9.26 Å². The average molecular weight is 364 g/mol. The minimum Gasteiger partial charge on any atom is -0.457 e. The van der Waals surface area contributed by atoms with Crippen molar-refractivity contribution in [2.24, 2.45) is 0 Å². The molecule has 7 nitrogen and oxygen atoms in total. The summed E-state index contributed by atoms with van der Waals surface area (Å²) in [6, 6.07) is 5.83. The van der Waals surface area contributed by atoms with Crippen LogP contribution in [0.4, 0.5) is 0 Å². The first-order valence-electron chi connectivity index (χ1n) is 8.08. The van der Waals surface area contributed by atoms with Gasteiger partial charge in [0.2, 0.25) is 10.0 Å². The van der Waals surface area contributed by atoms with E-state index in [0.29, 0.717) is 30.1 Å². The van der Waals surface area contributed by atoms with E-state index in [-0.39, 0.29) is 11.5 Å². The monoisotopic (exact) mass is 364 g/mol. The summed E-state index contributed by atoms with van der Waals surface area (Å²) in [6.07, 6.45) is 1.76. The van der Waals surface area contributed by atoms with Crippen LogP contribution in [0.5, 0.6) is 0 Å². The summed E-state index contributed by atoms with van der Waals surface area (Å²) in [5, 5.41) is 3.81. The molecular weight excluding hydrogens is 344 g/mol. The van der Waals surface area contributed by atoms with Crippen molar-refractivity contribution in [2.45, 2.75) is 38.2 Å². The normalized spacial score (nSPS) is 15.4. The van der Waals surface area contributed by atoms with Gasteiger partial charge in [-0.3, -0.25) is 0 Å². The van der Waals surface area contributed by atoms with Crippen LogP contribution < -0.4 is 0 Å². The molecule has 1 saturated heterocycles. The molecule has 25 heavy (non-hydrogen) atoms. The second kappa shape index (κ2) is 6.97. The van der Waals surface area contributed by atoms with Gasteiger partial charge in [0.15, 0.2) is 0 Å². The number of aryl methyl sites for hydroxylation is 2. The molecular formula is C17H20N2O5S. The summed E-state index contributed by atoms with van der Waals surface area (Å²) < 4.78 is 36.7. The molecule has 0 bridgehead atoms. The van der Waals surface area contributed by atoms with Crippen molar-refractivity contribution in [3.8, 4) is 0 Å². The molecule has 8 heteroatoms. The Hall–Kier alpha value is -2.19. The summed E-state index contributed by atoms with van der Waals surface area (Å²) in [4.78, 5) is 12.3. The van der Waals surface area contributed by atoms with Crippen molar-refractivity contribution in [1.29, 1.82) is 0 Å². The first-order valence-corrected chi connectivity index (χ1v) is 9.52. The fourth-order valence-electron chi connectivity index (χ4n) is 2.77. The topological polar surface area (TPSA) is 89.7 Å². The first kappa shape index (κ1) is 17.6. The lowest BCUT2D eigenvalue weighted by Gasteiger charge is -2.15. The third-order valence-corrected chi connectivity index (χ3v) is 6.23. The molecule has 0 saturated carbocycles. The molecule has 1 aliphatic heterocycles. The van der Waals surface area contributed by atoms with E-state index in [1.807, 2.05) is 0 Å². The van der Waals surface area contributed by atoms with E-state index >= 15 is 0 Å². The van der Waals surface area contributed by atoms with E-state index in [0.717, 1.165) is 18.4 Å². The summed E-state index contributed by atoms with van der Waals surface area (Å²) in [6.45, 7) is 4.68. The molecule has 2 aromatic rings. The predicted octanol–water partition coefficient (Wildman–Crippen LogP) is 2.43. The van der Waals surface area contributed by atoms with Crippen molar-refractivity contribution in [3.05, 3.63) is 46.8 Å². The molecule has 1 aromatic carbocycles. The number of hydrogen-bond donors (Lipinski definition) is 0. The number of sulfonamides is 1. The van der Waals surface area contributed by atoms with Crippen LogP contribution in [0.1, 0.15) is 40.2 Å². The molecule has 2 heterocycles. The second-order valence-electron chi connectivity index (χ2n) is 6.01. The molecule has 3 rings (SSSR count). The fourth-order valence-corrected chi connectivity index (χ4v) is 4.29. The highest BCUT2D eigenvalue weighted by Crippen LogP contribution is 2.21. The van der Waals surface area contributed by atoms with E-state index < -0.39 is 16.0 Å². The molecule has 0 aliphatic carbocycles. The summed E-state index contributed by atoms with van der Waals surface area (Å²) in [5.41, 5.74) is 1.71. The Morgan fingerprint density at radius 1 is 1.20 bits per heavy atom. The summed E-state index contributed by atoms with van der Waals surface area (Å²) in [7, 11) is -3.48. The summed E-state index contributed by atoms with van der Waals surface area (Å²) in [5.74, 6) is 0.0856. The van der Waals surface area contributed by atoms with Crippen molar-refractivity contribution in [1.82, 2.24) is 9.46 Å². The van der Waals surface area contributed by atoms with Crippen LogP contribution in [-0.4, -0.2) is 36.9 Å². The number of ether oxygens (including phenoxy) is 1. The van der Waals surface area contributed by atoms with Crippen LogP contribution in [-0.2, 0) is 21.4 Å². The molecule has 1 aliphatic rings. The van der Waals surface area contributed by atoms with E-state index in [2.05, 4.69) is 5.16 Å². The lowest BCUT2D eigenvalue weighted by molar-refractivity contribution is 0.0470. The van der Waals surface area contributed by atoms with E-state index in [9.17, 15) is 13.2 Å². The molecule has 1 fully saturated rings. The molecule has 0 N–H and O–H groups in total. The standard InChI is InChI=1S/C17H20N2O5S/c1-12-16(13(2)24-18-12)11-23-17(20)14-5-7-15(8-6-14)25(21,22)19-9-3-4-10-19/h5-8H,3-4,9-11H2,1-2H3. The largest absolute Gasteiger partial charge is 0.457 e. The van der Waals surface area contributed by atoms with E-state index in [1.165, 1.54) is 28.6 Å². The molecule has 0 atom stereocenters. The minimum absolute atomic E-state index is 0.0633. The lowest BCUT2D eigenvalue weighted by atomic mass is 10.2. The van der Waals surface area contributed by atoms with Gasteiger partial charge in [0.25, 0.3) is 0 Å². The lowest BCUT2D eigenvalue weighted by Crippen LogP contribution is -2.27. The van der Waals surface area contributed by atoms with Crippen LogP contribution in [0.15, 0.2) is 33.7 Å². The first-order chi connectivity index (χ1) is 11.9. The maximum Gasteiger partial charge on any atom is 0.338 e. The molecule has 0 radical (unpaired) electrons. The van der Waals surface area contributed by atoms with Gasteiger partial charge in [-0.2, -0.15) is 4.31 Å². The van der Waals surface area contributed by atoms with Gasteiger partial charge in [-0.1, -0.05) is 5.16 Å². The van der Waals surface area contributed by atoms with E-state index in [4.69, 9.17) is 9.26 Å². The quantitative estimate of drug-likeness (QED) is 0.757. The summed E-state index contributed by atoms with van der Waals surface area (Å²) >= 11 is 0. The average Bonchev–Trinajstić information content (AvgIpc) is 3.24. The zero-order valence-corrected chi connectivity index (χ0v) is 15.0. The van der Waals surface area contributed by atoms with Gasteiger partial charge in [-0.25, -0.2) is 13.2 Å². The maximum absolute atomic E-state index is 12.5. The Kier molecular flexibility index (Phi) is 4.91. The third kappa shape index (κ3) is 3.59. The van der Waals surface area contributed by atoms with Crippen molar-refractivity contribution >= 4 is 16.0 Å². The van der Waals surface area contributed by atoms with Crippen LogP contribution in [0.25, 0.3) is 0 Å². The third-order valence-electron chi connectivity index (χ3n) is 4.32. The van der Waals surface area contributed by atoms with Gasteiger partial charge in [0.05, 0.1) is 21.7 Å². The van der Waals surface area contributed by atoms with Gasteiger partial charge in [-0.05, 0) is 51.0 Å².